The second kappa shape index (κ2) is 3.93. The lowest BCUT2D eigenvalue weighted by Crippen LogP contribution is -2.30. The molecule has 1 unspecified atom stereocenters. The molecule has 1 aromatic heterocycles. The molecule has 84 valence electrons. The molecule has 1 aliphatic rings. The van der Waals surface area contributed by atoms with Crippen molar-refractivity contribution in [2.75, 3.05) is 18.0 Å². The molecule has 4 nitrogen and oxygen atoms in total. The van der Waals surface area contributed by atoms with Crippen LogP contribution in [0.2, 0.25) is 5.02 Å². The van der Waals surface area contributed by atoms with Gasteiger partial charge in [0.25, 0.3) is 0 Å². The highest BCUT2D eigenvalue weighted by atomic mass is 35.5. The molecule has 2 heterocycles. The molecule has 0 bridgehead atoms. The maximum absolute atomic E-state index is 9.87. The molecule has 1 aliphatic heterocycles. The Bertz CT molecular complexity index is 453. The SMILES string of the molecule is CC1(O)CCN(c2nccc(C#N)c2Cl)C1. The minimum absolute atomic E-state index is 0.364. The van der Waals surface area contributed by atoms with Crippen molar-refractivity contribution in [3.63, 3.8) is 0 Å². The van der Waals surface area contributed by atoms with Crippen LogP contribution in [0.3, 0.4) is 0 Å². The van der Waals surface area contributed by atoms with Gasteiger partial charge in [-0.1, -0.05) is 11.6 Å². The normalized spacial score (nSPS) is 24.5. The minimum atomic E-state index is -0.701. The van der Waals surface area contributed by atoms with E-state index in [1.165, 1.54) is 0 Å². The number of β-amino-alcohol motifs (C(OH)–C–C–N with tert-alkyl or cyclic N) is 1. The highest BCUT2D eigenvalue weighted by molar-refractivity contribution is 6.34. The van der Waals surface area contributed by atoms with Crippen molar-refractivity contribution in [3.8, 4) is 6.07 Å². The van der Waals surface area contributed by atoms with Crippen molar-refractivity contribution in [1.82, 2.24) is 4.98 Å². The number of pyridine rings is 1. The first-order valence-electron chi connectivity index (χ1n) is 5.05. The summed E-state index contributed by atoms with van der Waals surface area (Å²) >= 11 is 6.07. The number of aromatic nitrogens is 1. The average molecular weight is 238 g/mol. The molecule has 5 heteroatoms. The highest BCUT2D eigenvalue weighted by Crippen LogP contribution is 2.31. The zero-order valence-corrected chi connectivity index (χ0v) is 9.70. The van der Waals surface area contributed by atoms with Gasteiger partial charge in [-0.25, -0.2) is 4.98 Å². The van der Waals surface area contributed by atoms with Gasteiger partial charge in [0.15, 0.2) is 0 Å². The third kappa shape index (κ3) is 1.97. The van der Waals surface area contributed by atoms with E-state index in [0.29, 0.717) is 35.9 Å². The molecular formula is C11H12ClN3O. The Morgan fingerprint density at radius 3 is 3.00 bits per heavy atom. The molecule has 1 fully saturated rings. The van der Waals surface area contributed by atoms with Crippen LogP contribution >= 0.6 is 11.6 Å². The number of hydrogen-bond donors (Lipinski definition) is 1. The summed E-state index contributed by atoms with van der Waals surface area (Å²) in [6.45, 7) is 2.98. The summed E-state index contributed by atoms with van der Waals surface area (Å²) in [6, 6.07) is 3.60. The van der Waals surface area contributed by atoms with Gasteiger partial charge in [-0.15, -0.1) is 0 Å². The number of hydrogen-bond acceptors (Lipinski definition) is 4. The van der Waals surface area contributed by atoms with Crippen LogP contribution in [0.25, 0.3) is 0 Å². The largest absolute Gasteiger partial charge is 0.388 e. The van der Waals surface area contributed by atoms with E-state index in [-0.39, 0.29) is 0 Å². The Kier molecular flexibility index (Phi) is 2.75. The average Bonchev–Trinajstić information content (AvgIpc) is 2.59. The molecule has 0 amide bonds. The fourth-order valence-electron chi connectivity index (χ4n) is 1.87. The fraction of sp³-hybridized carbons (Fsp3) is 0.455. The Balaban J connectivity index is 2.33. The van der Waals surface area contributed by atoms with Crippen LogP contribution in [0, 0.1) is 11.3 Å². The van der Waals surface area contributed by atoms with Crippen LogP contribution in [-0.2, 0) is 0 Å². The number of anilines is 1. The van der Waals surface area contributed by atoms with Crippen LogP contribution in [0.15, 0.2) is 12.3 Å². The summed E-state index contributed by atoms with van der Waals surface area (Å²) in [5.41, 5.74) is -0.286. The predicted molar refractivity (Wildman–Crippen MR) is 61.4 cm³/mol. The number of aliphatic hydroxyl groups is 1. The molecule has 0 aromatic carbocycles. The summed E-state index contributed by atoms with van der Waals surface area (Å²) in [5, 5.41) is 19.1. The minimum Gasteiger partial charge on any atom is -0.388 e. The molecule has 1 atom stereocenters. The van der Waals surface area contributed by atoms with Crippen LogP contribution in [0.1, 0.15) is 18.9 Å². The lowest BCUT2D eigenvalue weighted by atomic mass is 10.1. The van der Waals surface area contributed by atoms with Gasteiger partial charge >= 0.3 is 0 Å². The van der Waals surface area contributed by atoms with E-state index in [9.17, 15) is 5.11 Å². The smallest absolute Gasteiger partial charge is 0.148 e. The zero-order chi connectivity index (χ0) is 11.8. The third-order valence-corrected chi connectivity index (χ3v) is 3.12. The Labute approximate surface area is 99.1 Å². The van der Waals surface area contributed by atoms with Gasteiger partial charge in [-0.05, 0) is 19.4 Å². The first-order valence-corrected chi connectivity index (χ1v) is 5.43. The van der Waals surface area contributed by atoms with Gasteiger partial charge in [-0.3, -0.25) is 0 Å². The quantitative estimate of drug-likeness (QED) is 0.806. The molecule has 16 heavy (non-hydrogen) atoms. The molecule has 1 N–H and O–H groups in total. The summed E-state index contributed by atoms with van der Waals surface area (Å²) in [5.74, 6) is 0.582. The van der Waals surface area contributed by atoms with Gasteiger partial charge < -0.3 is 10.0 Å². The molecule has 0 saturated carbocycles. The number of nitrogens with zero attached hydrogens (tertiary/aromatic N) is 3. The second-order valence-corrected chi connectivity index (χ2v) is 4.65. The Morgan fingerprint density at radius 2 is 2.44 bits per heavy atom. The van der Waals surface area contributed by atoms with Crippen molar-refractivity contribution in [3.05, 3.63) is 22.8 Å². The molecule has 2 rings (SSSR count). The van der Waals surface area contributed by atoms with Crippen LogP contribution in [0.5, 0.6) is 0 Å². The topological polar surface area (TPSA) is 60.1 Å². The first-order chi connectivity index (χ1) is 7.53. The maximum Gasteiger partial charge on any atom is 0.148 e. The lowest BCUT2D eigenvalue weighted by molar-refractivity contribution is 0.0839. The van der Waals surface area contributed by atoms with E-state index in [0.717, 1.165) is 0 Å². The summed E-state index contributed by atoms with van der Waals surface area (Å²) in [7, 11) is 0. The summed E-state index contributed by atoms with van der Waals surface area (Å²) in [4.78, 5) is 6.07. The molecule has 0 radical (unpaired) electrons. The number of halogens is 1. The highest BCUT2D eigenvalue weighted by Gasteiger charge is 2.33. The van der Waals surface area contributed by atoms with E-state index >= 15 is 0 Å². The van der Waals surface area contributed by atoms with E-state index in [2.05, 4.69) is 4.98 Å². The maximum atomic E-state index is 9.87. The van der Waals surface area contributed by atoms with Gasteiger partial charge in [0.2, 0.25) is 0 Å². The Hall–Kier alpha value is -1.31. The van der Waals surface area contributed by atoms with Crippen molar-refractivity contribution in [1.29, 1.82) is 5.26 Å². The van der Waals surface area contributed by atoms with E-state index < -0.39 is 5.60 Å². The lowest BCUT2D eigenvalue weighted by Gasteiger charge is -2.20. The summed E-state index contributed by atoms with van der Waals surface area (Å²) in [6.07, 6.45) is 2.24. The van der Waals surface area contributed by atoms with Gasteiger partial charge in [-0.2, -0.15) is 5.26 Å². The predicted octanol–water partition coefficient (Wildman–Crippen LogP) is 1.57. The van der Waals surface area contributed by atoms with E-state index in [1.807, 2.05) is 11.0 Å². The molecular weight excluding hydrogens is 226 g/mol. The number of rotatable bonds is 1. The molecule has 1 saturated heterocycles. The monoisotopic (exact) mass is 237 g/mol. The fourth-order valence-corrected chi connectivity index (χ4v) is 2.14. The van der Waals surface area contributed by atoms with Gasteiger partial charge in [0.1, 0.15) is 16.9 Å². The molecule has 1 aromatic rings. The molecule has 0 spiro atoms. The standard InChI is InChI=1S/C11H12ClN3O/c1-11(16)3-5-15(7-11)10-9(12)8(6-13)2-4-14-10/h2,4,16H,3,5,7H2,1H3. The van der Waals surface area contributed by atoms with Crippen molar-refractivity contribution in [2.45, 2.75) is 18.9 Å². The van der Waals surface area contributed by atoms with Gasteiger partial charge in [0, 0.05) is 19.3 Å². The van der Waals surface area contributed by atoms with E-state index in [1.54, 1.807) is 19.2 Å². The van der Waals surface area contributed by atoms with Crippen LogP contribution in [0.4, 0.5) is 5.82 Å². The van der Waals surface area contributed by atoms with Crippen molar-refractivity contribution < 1.29 is 5.11 Å². The van der Waals surface area contributed by atoms with Crippen LogP contribution < -0.4 is 4.90 Å². The van der Waals surface area contributed by atoms with Crippen molar-refractivity contribution in [2.24, 2.45) is 0 Å². The zero-order valence-electron chi connectivity index (χ0n) is 8.94. The van der Waals surface area contributed by atoms with Crippen LogP contribution in [-0.4, -0.2) is 28.8 Å². The number of nitriles is 1. The Morgan fingerprint density at radius 1 is 1.69 bits per heavy atom. The first kappa shape index (κ1) is 11.2. The second-order valence-electron chi connectivity index (χ2n) is 4.28. The molecule has 0 aliphatic carbocycles. The van der Waals surface area contributed by atoms with Gasteiger partial charge in [0.05, 0.1) is 11.2 Å². The van der Waals surface area contributed by atoms with Crippen molar-refractivity contribution >= 4 is 17.4 Å². The third-order valence-electron chi connectivity index (χ3n) is 2.74. The summed E-state index contributed by atoms with van der Waals surface area (Å²) < 4.78 is 0. The van der Waals surface area contributed by atoms with E-state index in [4.69, 9.17) is 16.9 Å².